The van der Waals surface area contributed by atoms with Gasteiger partial charge >= 0.3 is 5.97 Å². The van der Waals surface area contributed by atoms with Crippen molar-refractivity contribution in [2.75, 3.05) is 6.54 Å². The highest BCUT2D eigenvalue weighted by Crippen LogP contribution is 2.30. The van der Waals surface area contributed by atoms with E-state index in [2.05, 4.69) is 12.0 Å². The molecule has 2 rings (SSSR count). The fraction of sp³-hybridized carbons (Fsp3) is 0.600. The Balaban J connectivity index is 2.23. The first kappa shape index (κ1) is 10.2. The topological polar surface area (TPSA) is 58.4 Å². The molecule has 0 spiro atoms. The zero-order chi connectivity index (χ0) is 11.0. The van der Waals surface area contributed by atoms with Crippen molar-refractivity contribution in [3.8, 4) is 0 Å². The summed E-state index contributed by atoms with van der Waals surface area (Å²) < 4.78 is 1.63. The van der Waals surface area contributed by atoms with E-state index in [-0.39, 0.29) is 0 Å². The Labute approximate surface area is 88.3 Å². The number of carboxylic acids is 1. The summed E-state index contributed by atoms with van der Waals surface area (Å²) in [6.45, 7) is 2.91. The molecule has 1 aliphatic heterocycles. The van der Waals surface area contributed by atoms with Gasteiger partial charge in [-0.3, -0.25) is 14.4 Å². The maximum atomic E-state index is 11.2. The molecular weight excluding hydrogens is 194 g/mol. The van der Waals surface area contributed by atoms with E-state index in [1.165, 1.54) is 0 Å². The third-order valence-electron chi connectivity index (χ3n) is 2.98. The summed E-state index contributed by atoms with van der Waals surface area (Å²) in [5, 5.41) is 13.2. The predicted octanol–water partition coefficient (Wildman–Crippen LogP) is 0.640. The van der Waals surface area contributed by atoms with Crippen LogP contribution < -0.4 is 0 Å². The van der Waals surface area contributed by atoms with Crippen molar-refractivity contribution in [1.29, 1.82) is 0 Å². The summed E-state index contributed by atoms with van der Waals surface area (Å²) in [5.41, 5.74) is 0.761. The van der Waals surface area contributed by atoms with Crippen LogP contribution in [0.3, 0.4) is 0 Å². The van der Waals surface area contributed by atoms with E-state index in [9.17, 15) is 9.90 Å². The van der Waals surface area contributed by atoms with Crippen LogP contribution in [-0.2, 0) is 11.8 Å². The van der Waals surface area contributed by atoms with Gasteiger partial charge in [-0.2, -0.15) is 5.10 Å². The lowest BCUT2D eigenvalue weighted by atomic mass is 9.98. The normalized spacial score (nSPS) is 23.5. The molecule has 5 nitrogen and oxygen atoms in total. The van der Waals surface area contributed by atoms with E-state index in [0.717, 1.165) is 18.5 Å². The zero-order valence-corrected chi connectivity index (χ0v) is 8.92. The molecule has 1 N–H and O–H groups in total. The summed E-state index contributed by atoms with van der Waals surface area (Å²) in [6.07, 6.45) is 4.47. The molecule has 15 heavy (non-hydrogen) atoms. The van der Waals surface area contributed by atoms with Crippen molar-refractivity contribution in [2.45, 2.75) is 25.4 Å². The standard InChI is InChI=1S/C10H15N3O2/c1-7-3-4-13(7)9(10(14)15)8-5-11-12(2)6-8/h5-7,9H,3-4H2,1-2H3,(H,14,15). The van der Waals surface area contributed by atoms with Gasteiger partial charge in [0.2, 0.25) is 0 Å². The number of likely N-dealkylation sites (tertiary alicyclic amines) is 1. The second-order valence-corrected chi connectivity index (χ2v) is 4.06. The van der Waals surface area contributed by atoms with Crippen LogP contribution in [0.2, 0.25) is 0 Å². The Morgan fingerprint density at radius 3 is 2.80 bits per heavy atom. The lowest BCUT2D eigenvalue weighted by molar-refractivity contribution is -0.147. The average Bonchev–Trinajstić information content (AvgIpc) is 2.57. The molecule has 0 amide bonds. The third kappa shape index (κ3) is 1.74. The molecule has 1 aliphatic rings. The van der Waals surface area contributed by atoms with E-state index >= 15 is 0 Å². The number of rotatable bonds is 3. The number of carbonyl (C=O) groups is 1. The number of hydrogen-bond acceptors (Lipinski definition) is 3. The summed E-state index contributed by atoms with van der Waals surface area (Å²) in [5.74, 6) is -0.797. The molecule has 0 aliphatic carbocycles. The molecule has 1 fully saturated rings. The minimum Gasteiger partial charge on any atom is -0.480 e. The van der Waals surface area contributed by atoms with Gasteiger partial charge in [-0.1, -0.05) is 0 Å². The Hall–Kier alpha value is -1.36. The van der Waals surface area contributed by atoms with E-state index in [4.69, 9.17) is 0 Å². The van der Waals surface area contributed by atoms with Crippen molar-refractivity contribution >= 4 is 5.97 Å². The zero-order valence-electron chi connectivity index (χ0n) is 8.92. The molecule has 5 heteroatoms. The van der Waals surface area contributed by atoms with Crippen molar-refractivity contribution < 1.29 is 9.90 Å². The fourth-order valence-electron chi connectivity index (χ4n) is 1.98. The molecule has 2 unspecified atom stereocenters. The molecular formula is C10H15N3O2. The molecule has 0 aromatic carbocycles. The van der Waals surface area contributed by atoms with Crippen LogP contribution in [0.4, 0.5) is 0 Å². The molecule has 2 heterocycles. The average molecular weight is 209 g/mol. The van der Waals surface area contributed by atoms with E-state index in [1.54, 1.807) is 24.1 Å². The van der Waals surface area contributed by atoms with Crippen LogP contribution in [0.15, 0.2) is 12.4 Å². The van der Waals surface area contributed by atoms with E-state index < -0.39 is 12.0 Å². The Morgan fingerprint density at radius 1 is 1.73 bits per heavy atom. The minimum absolute atomic E-state index is 0.353. The van der Waals surface area contributed by atoms with Crippen LogP contribution in [0.25, 0.3) is 0 Å². The fourth-order valence-corrected chi connectivity index (χ4v) is 1.98. The Kier molecular flexibility index (Phi) is 2.48. The number of nitrogens with zero attached hydrogens (tertiary/aromatic N) is 3. The minimum atomic E-state index is -0.797. The van der Waals surface area contributed by atoms with Crippen LogP contribution in [-0.4, -0.2) is 38.3 Å². The van der Waals surface area contributed by atoms with Crippen LogP contribution in [0.5, 0.6) is 0 Å². The largest absolute Gasteiger partial charge is 0.480 e. The predicted molar refractivity (Wildman–Crippen MR) is 54.4 cm³/mol. The summed E-state index contributed by atoms with van der Waals surface area (Å²) in [4.78, 5) is 13.2. The van der Waals surface area contributed by atoms with Gasteiger partial charge in [0.05, 0.1) is 6.20 Å². The van der Waals surface area contributed by atoms with Gasteiger partial charge in [-0.25, -0.2) is 0 Å². The molecule has 2 atom stereocenters. The van der Waals surface area contributed by atoms with Gasteiger partial charge in [0.25, 0.3) is 0 Å². The highest BCUT2D eigenvalue weighted by Gasteiger charge is 2.36. The second-order valence-electron chi connectivity index (χ2n) is 4.06. The van der Waals surface area contributed by atoms with E-state index in [1.807, 2.05) is 4.90 Å². The first-order valence-electron chi connectivity index (χ1n) is 5.06. The van der Waals surface area contributed by atoms with Gasteiger partial charge in [0, 0.05) is 31.4 Å². The first-order valence-corrected chi connectivity index (χ1v) is 5.06. The highest BCUT2D eigenvalue weighted by atomic mass is 16.4. The quantitative estimate of drug-likeness (QED) is 0.793. The van der Waals surface area contributed by atoms with Gasteiger partial charge in [0.1, 0.15) is 6.04 Å². The number of hydrogen-bond donors (Lipinski definition) is 1. The van der Waals surface area contributed by atoms with E-state index in [0.29, 0.717) is 6.04 Å². The molecule has 1 saturated heterocycles. The highest BCUT2D eigenvalue weighted by molar-refractivity contribution is 5.75. The first-order chi connectivity index (χ1) is 7.09. The number of aliphatic carboxylic acids is 1. The summed E-state index contributed by atoms with van der Waals surface area (Å²) >= 11 is 0. The van der Waals surface area contributed by atoms with Gasteiger partial charge in [0.15, 0.2) is 0 Å². The Bertz CT molecular complexity index is 374. The van der Waals surface area contributed by atoms with Gasteiger partial charge < -0.3 is 5.11 Å². The SMILES string of the molecule is CC1CCN1C(C(=O)O)c1cnn(C)c1. The van der Waals surface area contributed by atoms with Crippen LogP contribution in [0, 0.1) is 0 Å². The molecule has 1 aromatic rings. The maximum Gasteiger partial charge on any atom is 0.325 e. The molecule has 0 bridgehead atoms. The van der Waals surface area contributed by atoms with Gasteiger partial charge in [-0.15, -0.1) is 0 Å². The Morgan fingerprint density at radius 2 is 2.47 bits per heavy atom. The van der Waals surface area contributed by atoms with Crippen molar-refractivity contribution in [3.63, 3.8) is 0 Å². The summed E-state index contributed by atoms with van der Waals surface area (Å²) in [6, 6.07) is -0.186. The summed E-state index contributed by atoms with van der Waals surface area (Å²) in [7, 11) is 1.79. The lowest BCUT2D eigenvalue weighted by Crippen LogP contribution is -2.49. The van der Waals surface area contributed by atoms with Crippen molar-refractivity contribution in [3.05, 3.63) is 18.0 Å². The second kappa shape index (κ2) is 3.66. The molecule has 1 aromatic heterocycles. The molecule has 0 radical (unpaired) electrons. The van der Waals surface area contributed by atoms with Crippen molar-refractivity contribution in [2.24, 2.45) is 7.05 Å². The lowest BCUT2D eigenvalue weighted by Gasteiger charge is -2.42. The maximum absolute atomic E-state index is 11.2. The number of aryl methyl sites for hydroxylation is 1. The smallest absolute Gasteiger partial charge is 0.325 e. The van der Waals surface area contributed by atoms with Crippen LogP contribution in [0.1, 0.15) is 24.9 Å². The molecule has 0 saturated carbocycles. The van der Waals surface area contributed by atoms with Crippen LogP contribution >= 0.6 is 0 Å². The monoisotopic (exact) mass is 209 g/mol. The van der Waals surface area contributed by atoms with Crippen molar-refractivity contribution in [1.82, 2.24) is 14.7 Å². The number of carboxylic acid groups (broad SMARTS) is 1. The van der Waals surface area contributed by atoms with Gasteiger partial charge in [-0.05, 0) is 13.3 Å². The third-order valence-corrected chi connectivity index (χ3v) is 2.98. The number of aromatic nitrogens is 2. The molecule has 82 valence electrons.